The quantitative estimate of drug-likeness (QED) is 0.794. The van der Waals surface area contributed by atoms with E-state index in [-0.39, 0.29) is 11.4 Å². The maximum atomic E-state index is 12.5. The molecule has 9 nitrogen and oxygen atoms in total. The number of carboxylic acid groups (broad SMARTS) is 1. The Kier molecular flexibility index (Phi) is 4.52. The normalized spacial score (nSPS) is 13.2. The Balaban J connectivity index is 2.30. The summed E-state index contributed by atoms with van der Waals surface area (Å²) >= 11 is 0. The van der Waals surface area contributed by atoms with Crippen molar-refractivity contribution in [1.29, 1.82) is 0 Å². The van der Waals surface area contributed by atoms with E-state index in [0.29, 0.717) is 5.69 Å². The van der Waals surface area contributed by atoms with E-state index in [9.17, 15) is 13.2 Å². The van der Waals surface area contributed by atoms with E-state index in [1.165, 1.54) is 37.1 Å². The van der Waals surface area contributed by atoms with Gasteiger partial charge in [0.1, 0.15) is 6.33 Å². The first-order chi connectivity index (χ1) is 10.3. The average molecular weight is 325 g/mol. The van der Waals surface area contributed by atoms with E-state index in [2.05, 4.69) is 15.5 Å². The molecule has 0 bridgehead atoms. The van der Waals surface area contributed by atoms with E-state index in [4.69, 9.17) is 5.11 Å². The number of aliphatic carboxylic acids is 1. The first-order valence-electron chi connectivity index (χ1n) is 6.35. The number of sulfonamides is 1. The van der Waals surface area contributed by atoms with Crippen molar-refractivity contribution in [2.75, 3.05) is 13.6 Å². The number of nitrogens with zero attached hydrogens (tertiary/aromatic N) is 5. The number of rotatable bonds is 6. The van der Waals surface area contributed by atoms with Gasteiger partial charge in [0.15, 0.2) is 0 Å². The van der Waals surface area contributed by atoms with Crippen molar-refractivity contribution in [1.82, 2.24) is 24.5 Å². The molecule has 1 unspecified atom stereocenters. The number of benzene rings is 1. The zero-order chi connectivity index (χ0) is 16.3. The highest BCUT2D eigenvalue weighted by Gasteiger charge is 2.25. The van der Waals surface area contributed by atoms with E-state index < -0.39 is 21.9 Å². The second kappa shape index (κ2) is 6.20. The second-order valence-corrected chi connectivity index (χ2v) is 6.82. The van der Waals surface area contributed by atoms with Crippen LogP contribution >= 0.6 is 0 Å². The van der Waals surface area contributed by atoms with Gasteiger partial charge in [0.25, 0.3) is 0 Å². The fourth-order valence-electron chi connectivity index (χ4n) is 1.81. The molecule has 22 heavy (non-hydrogen) atoms. The van der Waals surface area contributed by atoms with Gasteiger partial charge >= 0.3 is 5.97 Å². The van der Waals surface area contributed by atoms with Crippen LogP contribution in [0, 0.1) is 5.92 Å². The smallest absolute Gasteiger partial charge is 0.307 e. The first-order valence-corrected chi connectivity index (χ1v) is 7.79. The molecule has 1 aromatic carbocycles. The molecule has 1 aromatic heterocycles. The van der Waals surface area contributed by atoms with Gasteiger partial charge in [-0.2, -0.15) is 0 Å². The Morgan fingerprint density at radius 2 is 2.18 bits per heavy atom. The lowest BCUT2D eigenvalue weighted by Crippen LogP contribution is -2.33. The van der Waals surface area contributed by atoms with Crippen LogP contribution < -0.4 is 0 Å². The zero-order valence-corrected chi connectivity index (χ0v) is 12.8. The molecule has 2 aromatic rings. The average Bonchev–Trinajstić information content (AvgIpc) is 3.01. The van der Waals surface area contributed by atoms with Crippen LogP contribution in [-0.2, 0) is 14.8 Å². The van der Waals surface area contributed by atoms with Crippen molar-refractivity contribution in [2.24, 2.45) is 5.92 Å². The van der Waals surface area contributed by atoms with Crippen molar-refractivity contribution in [3.8, 4) is 5.69 Å². The number of hydrogen-bond acceptors (Lipinski definition) is 6. The molecule has 1 N–H and O–H groups in total. The highest BCUT2D eigenvalue weighted by molar-refractivity contribution is 7.89. The summed E-state index contributed by atoms with van der Waals surface area (Å²) in [6.07, 6.45) is 1.35. The molecule has 0 amide bonds. The zero-order valence-electron chi connectivity index (χ0n) is 12.0. The first kappa shape index (κ1) is 16.0. The van der Waals surface area contributed by atoms with Gasteiger partial charge in [0, 0.05) is 13.6 Å². The molecule has 0 saturated carbocycles. The lowest BCUT2D eigenvalue weighted by atomic mass is 10.2. The van der Waals surface area contributed by atoms with Crippen LogP contribution in [0.1, 0.15) is 6.92 Å². The molecular weight excluding hydrogens is 310 g/mol. The highest BCUT2D eigenvalue weighted by atomic mass is 32.2. The summed E-state index contributed by atoms with van der Waals surface area (Å²) in [5.41, 5.74) is 0.491. The van der Waals surface area contributed by atoms with Crippen LogP contribution in [0.4, 0.5) is 0 Å². The SMILES string of the molecule is CC(CN(C)S(=O)(=O)c1cccc(-n2cnnn2)c1)C(=O)O. The van der Waals surface area contributed by atoms with Gasteiger partial charge < -0.3 is 5.11 Å². The summed E-state index contributed by atoms with van der Waals surface area (Å²) in [7, 11) is -2.45. The van der Waals surface area contributed by atoms with Gasteiger partial charge in [-0.25, -0.2) is 17.4 Å². The molecule has 0 saturated heterocycles. The van der Waals surface area contributed by atoms with Crippen LogP contribution in [0.25, 0.3) is 5.69 Å². The van der Waals surface area contributed by atoms with Crippen LogP contribution in [0.15, 0.2) is 35.5 Å². The minimum absolute atomic E-state index is 0.0422. The fraction of sp³-hybridized carbons (Fsp3) is 0.333. The summed E-state index contributed by atoms with van der Waals surface area (Å²) in [6.45, 7) is 1.33. The van der Waals surface area contributed by atoms with Gasteiger partial charge in [-0.15, -0.1) is 5.10 Å². The van der Waals surface area contributed by atoms with Crippen molar-refractivity contribution >= 4 is 16.0 Å². The molecule has 10 heteroatoms. The lowest BCUT2D eigenvalue weighted by molar-refractivity contribution is -0.141. The van der Waals surface area contributed by atoms with Crippen LogP contribution in [0.2, 0.25) is 0 Å². The molecule has 0 aliphatic heterocycles. The van der Waals surface area contributed by atoms with E-state index in [1.807, 2.05) is 0 Å². The summed E-state index contributed by atoms with van der Waals surface area (Å²) in [5, 5.41) is 19.6. The van der Waals surface area contributed by atoms with Gasteiger partial charge in [-0.1, -0.05) is 13.0 Å². The second-order valence-electron chi connectivity index (χ2n) is 4.78. The Labute approximate surface area is 127 Å². The van der Waals surface area contributed by atoms with Gasteiger partial charge in [0.2, 0.25) is 10.0 Å². The van der Waals surface area contributed by atoms with E-state index >= 15 is 0 Å². The van der Waals surface area contributed by atoms with Gasteiger partial charge in [-0.05, 0) is 28.6 Å². The molecule has 118 valence electrons. The minimum atomic E-state index is -3.79. The van der Waals surface area contributed by atoms with Crippen molar-refractivity contribution in [3.63, 3.8) is 0 Å². The number of carbonyl (C=O) groups is 1. The molecule has 1 heterocycles. The largest absolute Gasteiger partial charge is 0.481 e. The van der Waals surface area contributed by atoms with E-state index in [0.717, 1.165) is 4.31 Å². The van der Waals surface area contributed by atoms with Gasteiger partial charge in [-0.3, -0.25) is 4.79 Å². The molecule has 0 radical (unpaired) electrons. The predicted molar refractivity (Wildman–Crippen MR) is 75.8 cm³/mol. The summed E-state index contributed by atoms with van der Waals surface area (Å²) in [5.74, 6) is -1.85. The Hall–Kier alpha value is -2.33. The Morgan fingerprint density at radius 1 is 1.45 bits per heavy atom. The number of hydrogen-bond donors (Lipinski definition) is 1. The number of carboxylic acids is 1. The predicted octanol–water partition coefficient (Wildman–Crippen LogP) is 0.00350. The van der Waals surface area contributed by atoms with Crippen LogP contribution in [-0.4, -0.2) is 57.6 Å². The molecule has 0 spiro atoms. The van der Waals surface area contributed by atoms with E-state index in [1.54, 1.807) is 12.1 Å². The molecule has 0 aliphatic rings. The third-order valence-electron chi connectivity index (χ3n) is 3.09. The highest BCUT2D eigenvalue weighted by Crippen LogP contribution is 2.18. The van der Waals surface area contributed by atoms with Crippen molar-refractivity contribution in [2.45, 2.75) is 11.8 Å². The monoisotopic (exact) mass is 325 g/mol. The van der Waals surface area contributed by atoms with Crippen molar-refractivity contribution < 1.29 is 18.3 Å². The molecular formula is C12H15N5O4S. The standard InChI is InChI=1S/C12H15N5O4S/c1-9(12(18)19)7-16(2)22(20,21)11-5-3-4-10(6-11)17-8-13-14-15-17/h3-6,8-9H,7H2,1-2H3,(H,18,19). The van der Waals surface area contributed by atoms with Crippen molar-refractivity contribution in [3.05, 3.63) is 30.6 Å². The third-order valence-corrected chi connectivity index (χ3v) is 4.91. The maximum absolute atomic E-state index is 12.5. The topological polar surface area (TPSA) is 118 Å². The summed E-state index contributed by atoms with van der Waals surface area (Å²) < 4.78 is 27.3. The molecule has 0 aliphatic carbocycles. The number of aromatic nitrogens is 4. The van der Waals surface area contributed by atoms with Gasteiger partial charge in [0.05, 0.1) is 16.5 Å². The number of tetrazole rings is 1. The molecule has 2 rings (SSSR count). The Bertz CT molecular complexity index is 760. The lowest BCUT2D eigenvalue weighted by Gasteiger charge is -2.19. The fourth-order valence-corrected chi connectivity index (χ4v) is 3.11. The molecule has 1 atom stereocenters. The van der Waals surface area contributed by atoms with Crippen LogP contribution in [0.5, 0.6) is 0 Å². The van der Waals surface area contributed by atoms with Crippen LogP contribution in [0.3, 0.4) is 0 Å². The molecule has 0 fully saturated rings. The summed E-state index contributed by atoms with van der Waals surface area (Å²) in [6, 6.07) is 6.09. The maximum Gasteiger partial charge on any atom is 0.307 e. The summed E-state index contributed by atoms with van der Waals surface area (Å²) in [4.78, 5) is 10.9. The minimum Gasteiger partial charge on any atom is -0.481 e. The Morgan fingerprint density at radius 3 is 2.77 bits per heavy atom. The third kappa shape index (κ3) is 3.28.